The Morgan fingerprint density at radius 1 is 1.10 bits per heavy atom. The first kappa shape index (κ1) is 22.3. The van der Waals surface area contributed by atoms with Crippen molar-refractivity contribution in [2.24, 2.45) is 0 Å². The van der Waals surface area contributed by atoms with E-state index in [0.29, 0.717) is 24.6 Å². The van der Waals surface area contributed by atoms with Crippen LogP contribution in [0.1, 0.15) is 23.1 Å². The summed E-state index contributed by atoms with van der Waals surface area (Å²) < 4.78 is 10.8. The van der Waals surface area contributed by atoms with Crippen molar-refractivity contribution < 1.29 is 14.3 Å². The zero-order chi connectivity index (χ0) is 21.4. The first-order valence-electron chi connectivity index (χ1n) is 9.53. The van der Waals surface area contributed by atoms with Gasteiger partial charge in [-0.25, -0.2) is 0 Å². The lowest BCUT2D eigenvalue weighted by Gasteiger charge is -2.26. The van der Waals surface area contributed by atoms with Gasteiger partial charge in [0.05, 0.1) is 33.3 Å². The largest absolute Gasteiger partial charge is 0.493 e. The van der Waals surface area contributed by atoms with Gasteiger partial charge in [0.25, 0.3) is 0 Å². The fourth-order valence-electron chi connectivity index (χ4n) is 3.41. The molecular weight excluding hydrogens is 366 g/mol. The fourth-order valence-corrected chi connectivity index (χ4v) is 3.41. The molecule has 0 radical (unpaired) electrons. The minimum Gasteiger partial charge on any atom is -0.493 e. The highest BCUT2D eigenvalue weighted by atomic mass is 16.5. The van der Waals surface area contributed by atoms with Crippen LogP contribution >= 0.6 is 0 Å². The Labute approximate surface area is 173 Å². The number of carbonyl (C=O) groups excluding carboxylic acids is 1. The maximum atomic E-state index is 13.1. The number of para-hydroxylation sites is 1. The van der Waals surface area contributed by atoms with Crippen LogP contribution in [0.3, 0.4) is 0 Å². The minimum atomic E-state index is -0.0467. The van der Waals surface area contributed by atoms with Crippen LogP contribution in [0.2, 0.25) is 0 Å². The maximum absolute atomic E-state index is 13.1. The molecule has 0 saturated carbocycles. The van der Waals surface area contributed by atoms with Crippen molar-refractivity contribution >= 4 is 11.6 Å². The molecular formula is C23H29N3O3. The Balaban J connectivity index is 2.17. The maximum Gasteiger partial charge on any atom is 0.241 e. The van der Waals surface area contributed by atoms with E-state index in [1.54, 1.807) is 19.1 Å². The molecule has 0 fully saturated rings. The highest BCUT2D eigenvalue weighted by Crippen LogP contribution is 2.31. The van der Waals surface area contributed by atoms with E-state index in [4.69, 9.17) is 14.7 Å². The Morgan fingerprint density at radius 3 is 2.38 bits per heavy atom. The number of ether oxygens (including phenoxy) is 2. The smallest absolute Gasteiger partial charge is 0.241 e. The zero-order valence-corrected chi connectivity index (χ0v) is 17.9. The first-order valence-corrected chi connectivity index (χ1v) is 9.53. The van der Waals surface area contributed by atoms with Crippen LogP contribution in [0.5, 0.6) is 11.5 Å². The SMILES string of the molecule is COc1cccc(CN(C)CC(=O)N(CCC#N)c2cc(C)cc(C)c2)c1OC. The Bertz CT molecular complexity index is 869. The molecule has 6 nitrogen and oxygen atoms in total. The summed E-state index contributed by atoms with van der Waals surface area (Å²) in [5.41, 5.74) is 3.95. The number of carbonyl (C=O) groups is 1. The lowest BCUT2D eigenvalue weighted by atomic mass is 10.1. The highest BCUT2D eigenvalue weighted by Gasteiger charge is 2.19. The van der Waals surface area contributed by atoms with E-state index >= 15 is 0 Å². The molecule has 0 aliphatic rings. The Kier molecular flexibility index (Phi) is 8.05. The van der Waals surface area contributed by atoms with Gasteiger partial charge in [-0.3, -0.25) is 9.69 Å². The molecule has 0 saturated heterocycles. The van der Waals surface area contributed by atoms with Gasteiger partial charge in [0, 0.05) is 24.3 Å². The van der Waals surface area contributed by atoms with Gasteiger partial charge in [-0.15, -0.1) is 0 Å². The van der Waals surface area contributed by atoms with E-state index in [0.717, 1.165) is 22.4 Å². The molecule has 0 aromatic heterocycles. The van der Waals surface area contributed by atoms with Crippen LogP contribution in [0.15, 0.2) is 36.4 Å². The summed E-state index contributed by atoms with van der Waals surface area (Å²) in [5, 5.41) is 9.01. The number of likely N-dealkylation sites (N-methyl/N-ethyl adjacent to an activating group) is 1. The van der Waals surface area contributed by atoms with Gasteiger partial charge >= 0.3 is 0 Å². The topological polar surface area (TPSA) is 65.8 Å². The van der Waals surface area contributed by atoms with Gasteiger partial charge in [0.1, 0.15) is 0 Å². The molecule has 0 N–H and O–H groups in total. The standard InChI is InChI=1S/C23H29N3O3/c1-17-12-18(2)14-20(13-17)26(11-7-10-24)22(27)16-25(3)15-19-8-6-9-21(28-4)23(19)29-5/h6,8-9,12-14H,7,11,15-16H2,1-5H3. The third-order valence-electron chi connectivity index (χ3n) is 4.60. The molecule has 6 heteroatoms. The number of aryl methyl sites for hydroxylation is 2. The number of rotatable bonds is 9. The molecule has 0 aliphatic heterocycles. The second kappa shape index (κ2) is 10.5. The number of nitriles is 1. The monoisotopic (exact) mass is 395 g/mol. The molecule has 0 heterocycles. The summed E-state index contributed by atoms with van der Waals surface area (Å²) in [6.07, 6.45) is 0.284. The molecule has 0 bridgehead atoms. The molecule has 0 spiro atoms. The van der Waals surface area contributed by atoms with Gasteiger partial charge in [0.15, 0.2) is 11.5 Å². The van der Waals surface area contributed by atoms with Crippen molar-refractivity contribution in [3.63, 3.8) is 0 Å². The van der Waals surface area contributed by atoms with Crippen LogP contribution in [-0.4, -0.2) is 45.2 Å². The lowest BCUT2D eigenvalue weighted by Crippen LogP contribution is -2.39. The fraction of sp³-hybridized carbons (Fsp3) is 0.391. The van der Waals surface area contributed by atoms with E-state index in [-0.39, 0.29) is 18.9 Å². The van der Waals surface area contributed by atoms with Crippen molar-refractivity contribution in [2.45, 2.75) is 26.8 Å². The van der Waals surface area contributed by atoms with E-state index in [1.165, 1.54) is 0 Å². The third kappa shape index (κ3) is 5.97. The number of benzene rings is 2. The molecule has 0 aliphatic carbocycles. The molecule has 2 aromatic rings. The molecule has 2 aromatic carbocycles. The lowest BCUT2D eigenvalue weighted by molar-refractivity contribution is -0.119. The van der Waals surface area contributed by atoms with Crippen molar-refractivity contribution in [2.75, 3.05) is 39.3 Å². The minimum absolute atomic E-state index is 0.0467. The third-order valence-corrected chi connectivity index (χ3v) is 4.60. The normalized spacial score (nSPS) is 10.5. The van der Waals surface area contributed by atoms with Gasteiger partial charge in [-0.2, -0.15) is 5.26 Å². The summed E-state index contributed by atoms with van der Waals surface area (Å²) in [4.78, 5) is 16.7. The van der Waals surface area contributed by atoms with Crippen molar-refractivity contribution in [3.8, 4) is 17.6 Å². The second-order valence-corrected chi connectivity index (χ2v) is 7.12. The second-order valence-electron chi connectivity index (χ2n) is 7.12. The Morgan fingerprint density at radius 2 is 1.79 bits per heavy atom. The van der Waals surface area contributed by atoms with Crippen LogP contribution in [-0.2, 0) is 11.3 Å². The van der Waals surface area contributed by atoms with Crippen LogP contribution in [0, 0.1) is 25.2 Å². The van der Waals surface area contributed by atoms with E-state index in [9.17, 15) is 4.79 Å². The first-order chi connectivity index (χ1) is 13.9. The van der Waals surface area contributed by atoms with Crippen molar-refractivity contribution in [3.05, 3.63) is 53.1 Å². The quantitative estimate of drug-likeness (QED) is 0.648. The zero-order valence-electron chi connectivity index (χ0n) is 17.9. The van der Waals surface area contributed by atoms with E-state index in [1.807, 2.05) is 56.1 Å². The molecule has 29 heavy (non-hydrogen) atoms. The number of methoxy groups -OCH3 is 2. The number of anilines is 1. The van der Waals surface area contributed by atoms with E-state index < -0.39 is 0 Å². The average Bonchev–Trinajstić information content (AvgIpc) is 2.67. The molecule has 1 amide bonds. The molecule has 154 valence electrons. The van der Waals surface area contributed by atoms with Gasteiger partial charge in [0.2, 0.25) is 5.91 Å². The summed E-state index contributed by atoms with van der Waals surface area (Å²) in [7, 11) is 5.10. The summed E-state index contributed by atoms with van der Waals surface area (Å²) >= 11 is 0. The summed E-state index contributed by atoms with van der Waals surface area (Å²) in [5.74, 6) is 1.29. The summed E-state index contributed by atoms with van der Waals surface area (Å²) in [6, 6.07) is 13.9. The van der Waals surface area contributed by atoms with Gasteiger partial charge in [-0.05, 0) is 50.2 Å². The summed E-state index contributed by atoms with van der Waals surface area (Å²) in [6.45, 7) is 5.13. The Hall–Kier alpha value is -3.04. The predicted octanol–water partition coefficient (Wildman–Crippen LogP) is 3.70. The van der Waals surface area contributed by atoms with Crippen LogP contribution < -0.4 is 14.4 Å². The highest BCUT2D eigenvalue weighted by molar-refractivity contribution is 5.95. The van der Waals surface area contributed by atoms with Crippen LogP contribution in [0.4, 0.5) is 5.69 Å². The van der Waals surface area contributed by atoms with Crippen LogP contribution in [0.25, 0.3) is 0 Å². The number of nitrogens with zero attached hydrogens (tertiary/aromatic N) is 3. The van der Waals surface area contributed by atoms with Gasteiger partial charge in [-0.1, -0.05) is 18.2 Å². The molecule has 2 rings (SSSR count). The predicted molar refractivity (Wildman–Crippen MR) is 114 cm³/mol. The number of hydrogen-bond acceptors (Lipinski definition) is 5. The number of amides is 1. The number of hydrogen-bond donors (Lipinski definition) is 0. The van der Waals surface area contributed by atoms with Crippen molar-refractivity contribution in [1.29, 1.82) is 5.26 Å². The van der Waals surface area contributed by atoms with Crippen molar-refractivity contribution in [1.82, 2.24) is 4.90 Å². The molecule has 0 atom stereocenters. The van der Waals surface area contributed by atoms with Gasteiger partial charge < -0.3 is 14.4 Å². The van der Waals surface area contributed by atoms with E-state index in [2.05, 4.69) is 12.1 Å². The molecule has 0 unspecified atom stereocenters. The average molecular weight is 396 g/mol.